The topological polar surface area (TPSA) is 9.23 Å². The van der Waals surface area contributed by atoms with Crippen molar-refractivity contribution in [2.24, 2.45) is 0 Å². The van der Waals surface area contributed by atoms with Gasteiger partial charge >= 0.3 is 0 Å². The highest BCUT2D eigenvalue weighted by Gasteiger charge is 2.23. The van der Waals surface area contributed by atoms with Crippen molar-refractivity contribution in [1.29, 1.82) is 0 Å². The molecule has 0 bridgehead atoms. The van der Waals surface area contributed by atoms with Crippen LogP contribution in [0.5, 0.6) is 5.75 Å². The van der Waals surface area contributed by atoms with Gasteiger partial charge in [0.25, 0.3) is 0 Å². The van der Waals surface area contributed by atoms with E-state index in [4.69, 9.17) is 4.74 Å². The van der Waals surface area contributed by atoms with Crippen LogP contribution in [-0.4, -0.2) is 0 Å². The van der Waals surface area contributed by atoms with E-state index >= 15 is 0 Å². The second kappa shape index (κ2) is 5.32. The van der Waals surface area contributed by atoms with Gasteiger partial charge in [-0.15, -0.1) is 0 Å². The molecule has 0 saturated heterocycles. The SMILES string of the molecule is CC(C)(C)c1ccc(C(C)(C)Oc2ccccc2)cc1. The zero-order chi connectivity index (χ0) is 14.8. The van der Waals surface area contributed by atoms with Gasteiger partial charge in [0, 0.05) is 0 Å². The van der Waals surface area contributed by atoms with Crippen molar-refractivity contribution in [1.82, 2.24) is 0 Å². The van der Waals surface area contributed by atoms with Crippen molar-refractivity contribution >= 4 is 0 Å². The minimum absolute atomic E-state index is 0.183. The molecular formula is C19H24O. The smallest absolute Gasteiger partial charge is 0.128 e. The van der Waals surface area contributed by atoms with Gasteiger partial charge in [-0.2, -0.15) is 0 Å². The zero-order valence-corrected chi connectivity index (χ0v) is 13.1. The van der Waals surface area contributed by atoms with Gasteiger partial charge in [-0.1, -0.05) is 63.2 Å². The Hall–Kier alpha value is -1.76. The summed E-state index contributed by atoms with van der Waals surface area (Å²) in [5.41, 5.74) is 2.38. The second-order valence-corrected chi connectivity index (χ2v) is 6.75. The minimum Gasteiger partial charge on any atom is -0.483 e. The number of ether oxygens (including phenoxy) is 1. The predicted octanol–water partition coefficient (Wildman–Crippen LogP) is 5.30. The highest BCUT2D eigenvalue weighted by molar-refractivity contribution is 5.32. The summed E-state index contributed by atoms with van der Waals surface area (Å²) in [4.78, 5) is 0. The van der Waals surface area contributed by atoms with E-state index in [1.807, 2.05) is 30.3 Å². The average Bonchev–Trinajstić information content (AvgIpc) is 2.38. The molecule has 106 valence electrons. The van der Waals surface area contributed by atoms with Crippen LogP contribution in [0.1, 0.15) is 45.7 Å². The Morgan fingerprint density at radius 3 is 1.65 bits per heavy atom. The standard InChI is InChI=1S/C19H24O/c1-18(2,3)15-11-13-16(14-12-15)19(4,5)20-17-9-7-6-8-10-17/h6-14H,1-5H3. The number of hydrogen-bond acceptors (Lipinski definition) is 1. The highest BCUT2D eigenvalue weighted by atomic mass is 16.5. The first-order valence-corrected chi connectivity index (χ1v) is 7.14. The van der Waals surface area contributed by atoms with E-state index in [1.54, 1.807) is 0 Å². The van der Waals surface area contributed by atoms with E-state index < -0.39 is 0 Å². The van der Waals surface area contributed by atoms with E-state index in [0.29, 0.717) is 0 Å². The molecule has 0 atom stereocenters. The lowest BCUT2D eigenvalue weighted by Gasteiger charge is -2.28. The molecule has 1 nitrogen and oxygen atoms in total. The number of hydrogen-bond donors (Lipinski definition) is 0. The molecule has 0 aliphatic heterocycles. The summed E-state index contributed by atoms with van der Waals surface area (Å²) in [5, 5.41) is 0. The van der Waals surface area contributed by atoms with Crippen molar-refractivity contribution < 1.29 is 4.74 Å². The Morgan fingerprint density at radius 1 is 0.650 bits per heavy atom. The van der Waals surface area contributed by atoms with Crippen molar-refractivity contribution in [3.8, 4) is 5.75 Å². The summed E-state index contributed by atoms with van der Waals surface area (Å²) >= 11 is 0. The van der Waals surface area contributed by atoms with Crippen LogP contribution < -0.4 is 4.74 Å². The van der Waals surface area contributed by atoms with Gasteiger partial charge in [0.05, 0.1) is 0 Å². The summed E-state index contributed by atoms with van der Waals surface area (Å²) in [6.45, 7) is 10.9. The first-order valence-electron chi connectivity index (χ1n) is 7.14. The molecule has 0 fully saturated rings. The van der Waals surface area contributed by atoms with E-state index in [-0.39, 0.29) is 11.0 Å². The van der Waals surface area contributed by atoms with E-state index in [1.165, 1.54) is 11.1 Å². The fourth-order valence-corrected chi connectivity index (χ4v) is 2.21. The Morgan fingerprint density at radius 2 is 1.15 bits per heavy atom. The maximum absolute atomic E-state index is 6.11. The lowest BCUT2D eigenvalue weighted by atomic mass is 9.85. The zero-order valence-electron chi connectivity index (χ0n) is 13.1. The molecule has 1 heteroatoms. The number of benzene rings is 2. The quantitative estimate of drug-likeness (QED) is 0.734. The minimum atomic E-state index is -0.336. The van der Waals surface area contributed by atoms with Crippen LogP contribution in [0, 0.1) is 0 Å². The van der Waals surface area contributed by atoms with E-state index in [2.05, 4.69) is 58.9 Å². The predicted molar refractivity (Wildman–Crippen MR) is 85.2 cm³/mol. The second-order valence-electron chi connectivity index (χ2n) is 6.75. The molecule has 0 saturated carbocycles. The van der Waals surface area contributed by atoms with Gasteiger partial charge in [-0.05, 0) is 42.5 Å². The van der Waals surface area contributed by atoms with Crippen LogP contribution in [0.2, 0.25) is 0 Å². The Labute approximate surface area is 122 Å². The van der Waals surface area contributed by atoms with E-state index in [9.17, 15) is 0 Å². The third-order valence-electron chi connectivity index (χ3n) is 3.56. The maximum Gasteiger partial charge on any atom is 0.128 e. The molecule has 2 rings (SSSR count). The molecule has 0 heterocycles. The summed E-state index contributed by atoms with van der Waals surface area (Å²) in [6, 6.07) is 18.7. The number of rotatable bonds is 3. The van der Waals surface area contributed by atoms with Crippen molar-refractivity contribution in [3.63, 3.8) is 0 Å². The van der Waals surface area contributed by atoms with E-state index in [0.717, 1.165) is 5.75 Å². The van der Waals surface area contributed by atoms with Crippen molar-refractivity contribution in [2.45, 2.75) is 45.6 Å². The summed E-state index contributed by atoms with van der Waals surface area (Å²) in [7, 11) is 0. The molecule has 0 aliphatic rings. The summed E-state index contributed by atoms with van der Waals surface area (Å²) < 4.78 is 6.11. The molecule has 0 unspecified atom stereocenters. The van der Waals surface area contributed by atoms with Crippen molar-refractivity contribution in [3.05, 3.63) is 65.7 Å². The Balaban J connectivity index is 2.21. The number of para-hydroxylation sites is 1. The molecule has 0 amide bonds. The Bertz CT molecular complexity index is 545. The van der Waals surface area contributed by atoms with Crippen LogP contribution in [-0.2, 0) is 11.0 Å². The average molecular weight is 268 g/mol. The normalized spacial score (nSPS) is 12.2. The largest absolute Gasteiger partial charge is 0.483 e. The van der Waals surface area contributed by atoms with Gasteiger partial charge in [-0.25, -0.2) is 0 Å². The molecule has 2 aromatic rings. The van der Waals surface area contributed by atoms with Crippen LogP contribution in [0.25, 0.3) is 0 Å². The molecular weight excluding hydrogens is 244 g/mol. The van der Waals surface area contributed by atoms with Crippen molar-refractivity contribution in [2.75, 3.05) is 0 Å². The van der Waals surface area contributed by atoms with Gasteiger partial charge in [0.15, 0.2) is 0 Å². The molecule has 0 radical (unpaired) electrons. The molecule has 0 aliphatic carbocycles. The molecule has 20 heavy (non-hydrogen) atoms. The highest BCUT2D eigenvalue weighted by Crippen LogP contribution is 2.29. The maximum atomic E-state index is 6.11. The van der Waals surface area contributed by atoms with Crippen LogP contribution in [0.3, 0.4) is 0 Å². The summed E-state index contributed by atoms with van der Waals surface area (Å²) in [5.74, 6) is 0.900. The van der Waals surface area contributed by atoms with Gasteiger partial charge in [0.1, 0.15) is 11.4 Å². The molecule has 0 spiro atoms. The van der Waals surface area contributed by atoms with Gasteiger partial charge in [-0.3, -0.25) is 0 Å². The third-order valence-corrected chi connectivity index (χ3v) is 3.56. The third kappa shape index (κ3) is 3.41. The van der Waals surface area contributed by atoms with Gasteiger partial charge in [0.2, 0.25) is 0 Å². The lowest BCUT2D eigenvalue weighted by Crippen LogP contribution is -2.25. The summed E-state index contributed by atoms with van der Waals surface area (Å²) in [6.07, 6.45) is 0. The fourth-order valence-electron chi connectivity index (χ4n) is 2.21. The van der Waals surface area contributed by atoms with Crippen LogP contribution in [0.4, 0.5) is 0 Å². The molecule has 2 aromatic carbocycles. The van der Waals surface area contributed by atoms with Gasteiger partial charge < -0.3 is 4.74 Å². The lowest BCUT2D eigenvalue weighted by molar-refractivity contribution is 0.109. The molecule has 0 aromatic heterocycles. The first-order chi connectivity index (χ1) is 9.29. The molecule has 0 N–H and O–H groups in total. The Kier molecular flexibility index (Phi) is 3.89. The van der Waals surface area contributed by atoms with Crippen LogP contribution in [0.15, 0.2) is 54.6 Å². The monoisotopic (exact) mass is 268 g/mol. The first kappa shape index (κ1) is 14.6. The fraction of sp³-hybridized carbons (Fsp3) is 0.368. The van der Waals surface area contributed by atoms with Crippen LogP contribution >= 0.6 is 0 Å².